The molecule has 1 rings (SSSR count). The van der Waals surface area contributed by atoms with Gasteiger partial charge in [-0.25, -0.2) is 0 Å². The van der Waals surface area contributed by atoms with Gasteiger partial charge >= 0.3 is 0 Å². The van der Waals surface area contributed by atoms with Crippen molar-refractivity contribution < 1.29 is 9.47 Å². The van der Waals surface area contributed by atoms with E-state index in [0.29, 0.717) is 6.61 Å². The third-order valence-electron chi connectivity index (χ3n) is 2.55. The number of hydrogen-bond acceptors (Lipinski definition) is 2. The molecule has 0 saturated carbocycles. The zero-order chi connectivity index (χ0) is 13.2. The van der Waals surface area contributed by atoms with E-state index >= 15 is 0 Å². The largest absolute Gasteiger partial charge is 0.493 e. The third kappa shape index (κ3) is 4.66. The van der Waals surface area contributed by atoms with E-state index < -0.39 is 0 Å². The zero-order valence-corrected chi connectivity index (χ0v) is 11.3. The van der Waals surface area contributed by atoms with Crippen LogP contribution in [0.15, 0.2) is 43.0 Å². The van der Waals surface area contributed by atoms with E-state index in [-0.39, 0.29) is 0 Å². The molecule has 0 aromatic heterocycles. The van der Waals surface area contributed by atoms with Gasteiger partial charge in [-0.2, -0.15) is 0 Å². The van der Waals surface area contributed by atoms with E-state index in [2.05, 4.69) is 25.7 Å². The van der Waals surface area contributed by atoms with E-state index in [9.17, 15) is 0 Å². The Balaban J connectivity index is 2.59. The fourth-order valence-electron chi connectivity index (χ4n) is 1.65. The van der Waals surface area contributed by atoms with Crippen LogP contribution < -0.4 is 9.47 Å². The summed E-state index contributed by atoms with van der Waals surface area (Å²) >= 11 is 0. The van der Waals surface area contributed by atoms with Crippen molar-refractivity contribution in [2.75, 3.05) is 13.7 Å². The first-order chi connectivity index (χ1) is 8.81. The molecule has 0 heterocycles. The van der Waals surface area contributed by atoms with Crippen molar-refractivity contribution in [2.24, 2.45) is 0 Å². The quantitative estimate of drug-likeness (QED) is 0.506. The zero-order valence-electron chi connectivity index (χ0n) is 11.3. The Kier molecular flexibility index (Phi) is 6.70. The highest BCUT2D eigenvalue weighted by Crippen LogP contribution is 2.28. The molecule has 0 atom stereocenters. The summed E-state index contributed by atoms with van der Waals surface area (Å²) in [5, 5.41) is 0. The average Bonchev–Trinajstić information content (AvgIpc) is 2.40. The Bertz CT molecular complexity index is 394. The van der Waals surface area contributed by atoms with Crippen LogP contribution in [0.1, 0.15) is 25.3 Å². The Morgan fingerprint density at radius 2 is 2.06 bits per heavy atom. The minimum Gasteiger partial charge on any atom is -0.493 e. The van der Waals surface area contributed by atoms with Crippen LogP contribution in [0.5, 0.6) is 11.5 Å². The molecule has 0 N–H and O–H groups in total. The molecule has 0 amide bonds. The molecule has 0 aliphatic rings. The SMILES string of the molecule is C=CCc1ccc(OCCC=CCC)c(OC)c1. The molecule has 0 aliphatic heterocycles. The standard InChI is InChI=1S/C16H22O2/c1-4-6-7-8-12-18-15-11-10-14(9-5-2)13-16(15)17-3/h5-7,10-11,13H,2,4,8-9,12H2,1,3H3. The van der Waals surface area contributed by atoms with Gasteiger partial charge in [0.15, 0.2) is 11.5 Å². The highest BCUT2D eigenvalue weighted by Gasteiger charge is 2.04. The maximum Gasteiger partial charge on any atom is 0.161 e. The molecular weight excluding hydrogens is 224 g/mol. The van der Waals surface area contributed by atoms with Crippen LogP contribution in [0.2, 0.25) is 0 Å². The van der Waals surface area contributed by atoms with Crippen LogP contribution in [0.25, 0.3) is 0 Å². The predicted molar refractivity (Wildman–Crippen MR) is 76.4 cm³/mol. The minimum atomic E-state index is 0.674. The van der Waals surface area contributed by atoms with Crippen LogP contribution >= 0.6 is 0 Å². The van der Waals surface area contributed by atoms with Crippen molar-refractivity contribution in [3.8, 4) is 11.5 Å². The first-order valence-corrected chi connectivity index (χ1v) is 6.37. The lowest BCUT2D eigenvalue weighted by molar-refractivity contribution is 0.299. The van der Waals surface area contributed by atoms with Gasteiger partial charge in [0.2, 0.25) is 0 Å². The Morgan fingerprint density at radius 3 is 2.72 bits per heavy atom. The van der Waals surface area contributed by atoms with Gasteiger partial charge in [-0.1, -0.05) is 31.2 Å². The summed E-state index contributed by atoms with van der Waals surface area (Å²) in [6.07, 6.45) is 9.00. The van der Waals surface area contributed by atoms with Crippen molar-refractivity contribution >= 4 is 0 Å². The lowest BCUT2D eigenvalue weighted by Crippen LogP contribution is -1.98. The number of methoxy groups -OCH3 is 1. The topological polar surface area (TPSA) is 18.5 Å². The summed E-state index contributed by atoms with van der Waals surface area (Å²) in [6.45, 7) is 6.53. The molecule has 0 radical (unpaired) electrons. The molecule has 0 bridgehead atoms. The van der Waals surface area contributed by atoms with Gasteiger partial charge in [0, 0.05) is 0 Å². The van der Waals surface area contributed by atoms with Crippen molar-refractivity contribution in [1.82, 2.24) is 0 Å². The molecule has 1 aromatic rings. The van der Waals surface area contributed by atoms with Crippen molar-refractivity contribution in [2.45, 2.75) is 26.2 Å². The lowest BCUT2D eigenvalue weighted by atomic mass is 10.1. The van der Waals surface area contributed by atoms with Crippen LogP contribution in [0.4, 0.5) is 0 Å². The maximum absolute atomic E-state index is 5.71. The summed E-state index contributed by atoms with van der Waals surface area (Å²) in [6, 6.07) is 6.00. The van der Waals surface area contributed by atoms with E-state index in [1.165, 1.54) is 5.56 Å². The van der Waals surface area contributed by atoms with Gasteiger partial charge in [-0.15, -0.1) is 6.58 Å². The molecule has 0 fully saturated rings. The minimum absolute atomic E-state index is 0.674. The molecule has 0 spiro atoms. The maximum atomic E-state index is 5.71. The smallest absolute Gasteiger partial charge is 0.161 e. The fourth-order valence-corrected chi connectivity index (χ4v) is 1.65. The lowest BCUT2D eigenvalue weighted by Gasteiger charge is -2.11. The molecule has 98 valence electrons. The van der Waals surface area contributed by atoms with Gasteiger partial charge in [0.1, 0.15) is 0 Å². The number of ether oxygens (including phenoxy) is 2. The molecule has 1 aromatic carbocycles. The van der Waals surface area contributed by atoms with Crippen molar-refractivity contribution in [1.29, 1.82) is 0 Å². The summed E-state index contributed by atoms with van der Waals surface area (Å²) in [5.41, 5.74) is 1.18. The molecule has 18 heavy (non-hydrogen) atoms. The van der Waals surface area contributed by atoms with Crippen molar-refractivity contribution in [3.05, 3.63) is 48.6 Å². The first-order valence-electron chi connectivity index (χ1n) is 6.37. The van der Waals surface area contributed by atoms with Crippen molar-refractivity contribution in [3.63, 3.8) is 0 Å². The van der Waals surface area contributed by atoms with E-state index in [4.69, 9.17) is 9.47 Å². The van der Waals surface area contributed by atoms with Gasteiger partial charge in [0.05, 0.1) is 13.7 Å². The van der Waals surface area contributed by atoms with Gasteiger partial charge in [0.25, 0.3) is 0 Å². The van der Waals surface area contributed by atoms with Gasteiger partial charge < -0.3 is 9.47 Å². The molecule has 0 saturated heterocycles. The van der Waals surface area contributed by atoms with Gasteiger partial charge in [-0.05, 0) is 37.0 Å². The molecular formula is C16H22O2. The molecule has 2 nitrogen and oxygen atoms in total. The van der Waals surface area contributed by atoms with Crippen LogP contribution in [-0.2, 0) is 6.42 Å². The highest BCUT2D eigenvalue weighted by molar-refractivity contribution is 5.43. The van der Waals surface area contributed by atoms with Crippen LogP contribution in [0.3, 0.4) is 0 Å². The van der Waals surface area contributed by atoms with Gasteiger partial charge in [-0.3, -0.25) is 0 Å². The summed E-state index contributed by atoms with van der Waals surface area (Å²) in [7, 11) is 1.66. The number of rotatable bonds is 8. The predicted octanol–water partition coefficient (Wildman–Crippen LogP) is 4.16. The second kappa shape index (κ2) is 8.40. The number of allylic oxidation sites excluding steroid dienone is 2. The van der Waals surface area contributed by atoms with E-state index in [1.54, 1.807) is 7.11 Å². The third-order valence-corrected chi connectivity index (χ3v) is 2.55. The summed E-state index contributed by atoms with van der Waals surface area (Å²) in [4.78, 5) is 0. The molecule has 2 heteroatoms. The van der Waals surface area contributed by atoms with E-state index in [0.717, 1.165) is 30.8 Å². The number of benzene rings is 1. The second-order valence-corrected chi connectivity index (χ2v) is 3.99. The highest BCUT2D eigenvalue weighted by atomic mass is 16.5. The second-order valence-electron chi connectivity index (χ2n) is 3.99. The van der Waals surface area contributed by atoms with Crippen LogP contribution in [-0.4, -0.2) is 13.7 Å². The average molecular weight is 246 g/mol. The normalized spacial score (nSPS) is 10.6. The number of hydrogen-bond donors (Lipinski definition) is 0. The first kappa shape index (κ1) is 14.4. The Hall–Kier alpha value is -1.70. The summed E-state index contributed by atoms with van der Waals surface area (Å²) in [5.74, 6) is 1.59. The monoisotopic (exact) mass is 246 g/mol. The fraction of sp³-hybridized carbons (Fsp3) is 0.375. The molecule has 0 unspecified atom stereocenters. The van der Waals surface area contributed by atoms with E-state index in [1.807, 2.05) is 24.3 Å². The summed E-state index contributed by atoms with van der Waals surface area (Å²) < 4.78 is 11.0. The Morgan fingerprint density at radius 1 is 1.22 bits per heavy atom. The van der Waals surface area contributed by atoms with Crippen LogP contribution in [0, 0.1) is 0 Å². The molecule has 0 aliphatic carbocycles. The Labute approximate surface area is 110 Å².